The molecule has 3 rings (SSSR count). The summed E-state index contributed by atoms with van der Waals surface area (Å²) in [6.45, 7) is 1.94. The fourth-order valence-corrected chi connectivity index (χ4v) is 3.04. The lowest BCUT2D eigenvalue weighted by molar-refractivity contribution is 0.102. The number of nitrogens with one attached hydrogen (secondary N) is 2. The molecule has 1 aromatic heterocycles. The lowest BCUT2D eigenvalue weighted by atomic mass is 10.2. The molecule has 1 unspecified atom stereocenters. The summed E-state index contributed by atoms with van der Waals surface area (Å²) in [5, 5.41) is 5.98. The van der Waals surface area contributed by atoms with Crippen molar-refractivity contribution >= 4 is 29.2 Å². The van der Waals surface area contributed by atoms with Crippen LogP contribution in [0.2, 0.25) is 0 Å². The normalized spacial score (nSPS) is 15.7. The van der Waals surface area contributed by atoms with Crippen molar-refractivity contribution in [1.82, 2.24) is 10.3 Å². The van der Waals surface area contributed by atoms with Gasteiger partial charge < -0.3 is 25.8 Å². The standard InChI is InChI=1S/C20H25N5O4/c1-28-10-11-29-20(27)25(15-8-9-22-13-15)18-7-6-14(12-23-18)19(26)24-17-5-3-2-4-16(17)21/h2-7,12,15,22H,8-11,13,21H2,1H3,(H,24,26). The quantitative estimate of drug-likeness (QED) is 0.480. The molecule has 9 nitrogen and oxygen atoms in total. The second-order valence-electron chi connectivity index (χ2n) is 6.57. The minimum absolute atomic E-state index is 0.0682. The third-order valence-corrected chi connectivity index (χ3v) is 4.58. The maximum absolute atomic E-state index is 12.6. The predicted molar refractivity (Wildman–Crippen MR) is 110 cm³/mol. The lowest BCUT2D eigenvalue weighted by Gasteiger charge is -2.26. The summed E-state index contributed by atoms with van der Waals surface area (Å²) in [4.78, 5) is 30.9. The highest BCUT2D eigenvalue weighted by atomic mass is 16.6. The van der Waals surface area contributed by atoms with E-state index in [1.807, 2.05) is 0 Å². The molecule has 2 heterocycles. The molecule has 9 heteroatoms. The highest BCUT2D eigenvalue weighted by Crippen LogP contribution is 2.21. The van der Waals surface area contributed by atoms with Gasteiger partial charge in [0.25, 0.3) is 5.91 Å². The van der Waals surface area contributed by atoms with Gasteiger partial charge in [-0.2, -0.15) is 0 Å². The van der Waals surface area contributed by atoms with Crippen LogP contribution in [-0.2, 0) is 9.47 Å². The van der Waals surface area contributed by atoms with E-state index in [4.69, 9.17) is 15.2 Å². The number of nitrogen functional groups attached to an aromatic ring is 1. The molecular formula is C20H25N5O4. The Morgan fingerprint density at radius 3 is 2.76 bits per heavy atom. The molecule has 2 amide bonds. The van der Waals surface area contributed by atoms with Gasteiger partial charge in [0, 0.05) is 19.9 Å². The third-order valence-electron chi connectivity index (χ3n) is 4.58. The molecule has 1 saturated heterocycles. The number of carbonyl (C=O) groups is 2. The Kier molecular flexibility index (Phi) is 6.99. The monoisotopic (exact) mass is 399 g/mol. The second-order valence-corrected chi connectivity index (χ2v) is 6.57. The van der Waals surface area contributed by atoms with Crippen molar-refractivity contribution in [1.29, 1.82) is 0 Å². The van der Waals surface area contributed by atoms with Crippen molar-refractivity contribution in [2.24, 2.45) is 0 Å². The van der Waals surface area contributed by atoms with Gasteiger partial charge in [0.05, 0.1) is 29.6 Å². The van der Waals surface area contributed by atoms with Gasteiger partial charge in [-0.05, 0) is 37.2 Å². The first kappa shape index (κ1) is 20.6. The number of benzene rings is 1. The highest BCUT2D eigenvalue weighted by Gasteiger charge is 2.30. The van der Waals surface area contributed by atoms with Crippen LogP contribution in [0.4, 0.5) is 22.0 Å². The highest BCUT2D eigenvalue weighted by molar-refractivity contribution is 6.05. The zero-order chi connectivity index (χ0) is 20.6. The number of pyridine rings is 1. The van der Waals surface area contributed by atoms with Gasteiger partial charge in [-0.25, -0.2) is 9.78 Å². The largest absolute Gasteiger partial charge is 0.447 e. The van der Waals surface area contributed by atoms with Crippen LogP contribution in [0.1, 0.15) is 16.8 Å². The van der Waals surface area contributed by atoms with Gasteiger partial charge in [-0.3, -0.25) is 9.69 Å². The summed E-state index contributed by atoms with van der Waals surface area (Å²) in [6.07, 6.45) is 1.73. The van der Waals surface area contributed by atoms with Crippen LogP contribution in [0.3, 0.4) is 0 Å². The first-order valence-electron chi connectivity index (χ1n) is 9.37. The van der Waals surface area contributed by atoms with Gasteiger partial charge in [0.1, 0.15) is 12.4 Å². The summed E-state index contributed by atoms with van der Waals surface area (Å²) in [5.74, 6) is 0.0931. The number of carbonyl (C=O) groups excluding carboxylic acids is 2. The Morgan fingerprint density at radius 1 is 1.28 bits per heavy atom. The first-order valence-corrected chi connectivity index (χ1v) is 9.37. The summed E-state index contributed by atoms with van der Waals surface area (Å²) in [5.41, 5.74) is 7.22. The molecule has 0 spiro atoms. The molecule has 4 N–H and O–H groups in total. The summed E-state index contributed by atoms with van der Waals surface area (Å²) >= 11 is 0. The van der Waals surface area contributed by atoms with Crippen molar-refractivity contribution in [3.8, 4) is 0 Å². The summed E-state index contributed by atoms with van der Waals surface area (Å²) < 4.78 is 10.2. The van der Waals surface area contributed by atoms with Crippen molar-refractivity contribution in [3.63, 3.8) is 0 Å². The van der Waals surface area contributed by atoms with Crippen LogP contribution in [0.25, 0.3) is 0 Å². The molecule has 1 aromatic carbocycles. The molecule has 154 valence electrons. The molecule has 0 aliphatic carbocycles. The van der Waals surface area contributed by atoms with Crippen LogP contribution in [-0.4, -0.2) is 56.4 Å². The Bertz CT molecular complexity index is 837. The van der Waals surface area contributed by atoms with E-state index in [0.717, 1.165) is 13.0 Å². The smallest absolute Gasteiger partial charge is 0.415 e. The number of hydrogen-bond acceptors (Lipinski definition) is 7. The number of anilines is 3. The van der Waals surface area contributed by atoms with E-state index in [2.05, 4.69) is 15.6 Å². The van der Waals surface area contributed by atoms with E-state index in [0.29, 0.717) is 35.9 Å². The van der Waals surface area contributed by atoms with Gasteiger partial charge in [-0.1, -0.05) is 12.1 Å². The Hall–Kier alpha value is -3.17. The van der Waals surface area contributed by atoms with E-state index in [9.17, 15) is 9.59 Å². The Balaban J connectivity index is 1.73. The number of amides is 2. The average Bonchev–Trinajstić information content (AvgIpc) is 3.25. The lowest BCUT2D eigenvalue weighted by Crippen LogP contribution is -2.43. The fraction of sp³-hybridized carbons (Fsp3) is 0.350. The van der Waals surface area contributed by atoms with E-state index in [-0.39, 0.29) is 18.6 Å². The van der Waals surface area contributed by atoms with Crippen molar-refractivity contribution in [2.45, 2.75) is 12.5 Å². The van der Waals surface area contributed by atoms with E-state index in [1.54, 1.807) is 43.5 Å². The van der Waals surface area contributed by atoms with Crippen LogP contribution in [0, 0.1) is 0 Å². The van der Waals surface area contributed by atoms with E-state index >= 15 is 0 Å². The summed E-state index contributed by atoms with van der Waals surface area (Å²) in [7, 11) is 1.54. The fourth-order valence-electron chi connectivity index (χ4n) is 3.04. The van der Waals surface area contributed by atoms with Crippen LogP contribution < -0.4 is 21.3 Å². The number of methoxy groups -OCH3 is 1. The topological polar surface area (TPSA) is 119 Å². The second kappa shape index (κ2) is 9.85. The number of nitrogens with two attached hydrogens (primary N) is 1. The molecule has 29 heavy (non-hydrogen) atoms. The van der Waals surface area contributed by atoms with Gasteiger partial charge >= 0.3 is 6.09 Å². The minimum atomic E-state index is -0.488. The van der Waals surface area contributed by atoms with Crippen LogP contribution >= 0.6 is 0 Å². The van der Waals surface area contributed by atoms with Gasteiger partial charge in [0.15, 0.2) is 0 Å². The van der Waals surface area contributed by atoms with Crippen molar-refractivity contribution < 1.29 is 19.1 Å². The molecule has 0 saturated carbocycles. The van der Waals surface area contributed by atoms with Crippen LogP contribution in [0.5, 0.6) is 0 Å². The van der Waals surface area contributed by atoms with E-state index in [1.165, 1.54) is 11.1 Å². The number of hydrogen-bond donors (Lipinski definition) is 3. The summed E-state index contributed by atoms with van der Waals surface area (Å²) in [6, 6.07) is 10.2. The van der Waals surface area contributed by atoms with Crippen molar-refractivity contribution in [3.05, 3.63) is 48.2 Å². The molecule has 1 aliphatic rings. The zero-order valence-corrected chi connectivity index (χ0v) is 16.3. The van der Waals surface area contributed by atoms with Gasteiger partial charge in [-0.15, -0.1) is 0 Å². The number of aromatic nitrogens is 1. The number of rotatable bonds is 7. The number of ether oxygens (including phenoxy) is 2. The predicted octanol–water partition coefficient (Wildman–Crippen LogP) is 1.87. The molecular weight excluding hydrogens is 374 g/mol. The maximum Gasteiger partial charge on any atom is 0.415 e. The van der Waals surface area contributed by atoms with Crippen molar-refractivity contribution in [2.75, 3.05) is 49.4 Å². The molecule has 0 bridgehead atoms. The van der Waals surface area contributed by atoms with Crippen LogP contribution in [0.15, 0.2) is 42.6 Å². The Morgan fingerprint density at radius 2 is 2.10 bits per heavy atom. The average molecular weight is 399 g/mol. The maximum atomic E-state index is 12.6. The molecule has 1 atom stereocenters. The molecule has 1 aliphatic heterocycles. The Labute approximate surface area is 169 Å². The third kappa shape index (κ3) is 5.21. The SMILES string of the molecule is COCCOC(=O)N(c1ccc(C(=O)Nc2ccccc2N)cn1)C1CCNC1. The molecule has 1 fully saturated rings. The zero-order valence-electron chi connectivity index (χ0n) is 16.3. The first-order chi connectivity index (χ1) is 14.1. The molecule has 2 aromatic rings. The minimum Gasteiger partial charge on any atom is -0.447 e. The van der Waals surface area contributed by atoms with Gasteiger partial charge in [0.2, 0.25) is 0 Å². The number of nitrogens with zero attached hydrogens (tertiary/aromatic N) is 2. The molecule has 0 radical (unpaired) electrons. The number of para-hydroxylation sites is 2. The van der Waals surface area contributed by atoms with E-state index < -0.39 is 6.09 Å².